The molecular formula is C20H20FN5O2. The number of hydrogen-bond acceptors (Lipinski definition) is 4. The van der Waals surface area contributed by atoms with E-state index < -0.39 is 5.82 Å². The Kier molecular flexibility index (Phi) is 5.57. The van der Waals surface area contributed by atoms with Gasteiger partial charge in [0.15, 0.2) is 0 Å². The molecule has 0 aliphatic carbocycles. The van der Waals surface area contributed by atoms with E-state index in [1.807, 2.05) is 6.07 Å². The van der Waals surface area contributed by atoms with Crippen LogP contribution in [0.1, 0.15) is 32.9 Å². The number of aromatic nitrogens is 1. The van der Waals surface area contributed by atoms with Crippen LogP contribution in [0.5, 0.6) is 0 Å². The minimum Gasteiger partial charge on any atom is -0.358 e. The molecule has 0 saturated carbocycles. The summed E-state index contributed by atoms with van der Waals surface area (Å²) in [4.78, 5) is 27.9. The molecule has 0 atom stereocenters. The monoisotopic (exact) mass is 381 g/mol. The van der Waals surface area contributed by atoms with E-state index in [1.54, 1.807) is 19.9 Å². The Morgan fingerprint density at radius 2 is 2.11 bits per heavy atom. The number of nitrogens with zero attached hydrogens (tertiary/aromatic N) is 1. The van der Waals surface area contributed by atoms with Gasteiger partial charge in [-0.2, -0.15) is 5.26 Å². The van der Waals surface area contributed by atoms with Crippen molar-refractivity contribution in [2.24, 2.45) is 0 Å². The normalized spacial score (nSPS) is 13.9. The molecule has 0 saturated heterocycles. The first-order valence-corrected chi connectivity index (χ1v) is 8.80. The van der Waals surface area contributed by atoms with Gasteiger partial charge in [0.2, 0.25) is 0 Å². The number of aromatic amines is 1. The molecule has 0 fully saturated rings. The van der Waals surface area contributed by atoms with Crippen molar-refractivity contribution in [1.82, 2.24) is 15.6 Å². The summed E-state index contributed by atoms with van der Waals surface area (Å²) in [5.41, 5.74) is 3.88. The van der Waals surface area contributed by atoms with Crippen LogP contribution in [0.15, 0.2) is 18.2 Å². The number of nitrogens with one attached hydrogen (secondary N) is 4. The quantitative estimate of drug-likeness (QED) is 0.349. The fourth-order valence-corrected chi connectivity index (χ4v) is 3.20. The fourth-order valence-electron chi connectivity index (χ4n) is 3.20. The number of rotatable bonds is 6. The molecular weight excluding hydrogens is 361 g/mol. The number of carbonyl (C=O) groups excluding carboxylic acids is 2. The summed E-state index contributed by atoms with van der Waals surface area (Å²) in [6, 6.07) is 6.09. The highest BCUT2D eigenvalue weighted by molar-refractivity contribution is 6.34. The molecule has 7 nitrogen and oxygen atoms in total. The van der Waals surface area contributed by atoms with Gasteiger partial charge in [0.1, 0.15) is 5.82 Å². The summed E-state index contributed by atoms with van der Waals surface area (Å²) < 4.78 is 13.6. The van der Waals surface area contributed by atoms with Crippen LogP contribution in [0.4, 0.5) is 10.1 Å². The third kappa shape index (κ3) is 3.80. The zero-order valence-corrected chi connectivity index (χ0v) is 15.6. The molecule has 1 aliphatic rings. The predicted octanol–water partition coefficient (Wildman–Crippen LogP) is 2.11. The van der Waals surface area contributed by atoms with E-state index in [0.29, 0.717) is 52.4 Å². The maximum absolute atomic E-state index is 13.6. The van der Waals surface area contributed by atoms with Crippen LogP contribution >= 0.6 is 0 Å². The molecule has 2 aromatic rings. The number of amides is 2. The van der Waals surface area contributed by atoms with E-state index in [2.05, 4.69) is 20.9 Å². The molecule has 28 heavy (non-hydrogen) atoms. The van der Waals surface area contributed by atoms with Gasteiger partial charge in [-0.3, -0.25) is 9.59 Å². The number of anilines is 1. The van der Waals surface area contributed by atoms with Crippen LogP contribution in [0.2, 0.25) is 0 Å². The number of carbonyl (C=O) groups is 2. The molecule has 144 valence electrons. The maximum Gasteiger partial charge on any atom is 0.256 e. The Bertz CT molecular complexity index is 1020. The Balaban J connectivity index is 1.84. The third-order valence-corrected chi connectivity index (χ3v) is 4.55. The predicted molar refractivity (Wildman–Crippen MR) is 104 cm³/mol. The number of benzene rings is 1. The van der Waals surface area contributed by atoms with Gasteiger partial charge in [0.05, 0.1) is 23.8 Å². The molecule has 2 heterocycles. The van der Waals surface area contributed by atoms with Crippen molar-refractivity contribution in [1.29, 1.82) is 5.26 Å². The Morgan fingerprint density at radius 1 is 1.32 bits per heavy atom. The molecule has 0 bridgehead atoms. The molecule has 0 spiro atoms. The largest absolute Gasteiger partial charge is 0.358 e. The van der Waals surface area contributed by atoms with E-state index in [1.165, 1.54) is 18.2 Å². The van der Waals surface area contributed by atoms with Crippen LogP contribution in [0.3, 0.4) is 0 Å². The van der Waals surface area contributed by atoms with Crippen molar-refractivity contribution >= 4 is 29.2 Å². The highest BCUT2D eigenvalue weighted by Crippen LogP contribution is 2.34. The number of H-pyrrole nitrogens is 1. The van der Waals surface area contributed by atoms with Gasteiger partial charge in [-0.25, -0.2) is 4.39 Å². The summed E-state index contributed by atoms with van der Waals surface area (Å²) in [7, 11) is 0. The summed E-state index contributed by atoms with van der Waals surface area (Å²) >= 11 is 0. The highest BCUT2D eigenvalue weighted by Gasteiger charge is 2.26. The number of hydrogen-bond donors (Lipinski definition) is 4. The van der Waals surface area contributed by atoms with Crippen molar-refractivity contribution in [2.75, 3.05) is 25.0 Å². The lowest BCUT2D eigenvalue weighted by molar-refractivity contribution is -0.110. The molecule has 0 unspecified atom stereocenters. The lowest BCUT2D eigenvalue weighted by atomic mass is 10.0. The zero-order chi connectivity index (χ0) is 20.3. The van der Waals surface area contributed by atoms with Crippen LogP contribution in [0, 0.1) is 31.0 Å². The molecule has 1 aromatic heterocycles. The minimum atomic E-state index is -0.425. The van der Waals surface area contributed by atoms with Gasteiger partial charge < -0.3 is 20.9 Å². The SMILES string of the molecule is Cc1[nH]c(/C=C2\C(=O)Nc3ccc(F)cc32)c(C)c1C(=O)NCCNCC#N. The summed E-state index contributed by atoms with van der Waals surface area (Å²) in [6.07, 6.45) is 1.63. The number of halogens is 1. The van der Waals surface area contributed by atoms with Gasteiger partial charge in [-0.15, -0.1) is 0 Å². The second-order valence-electron chi connectivity index (χ2n) is 6.46. The van der Waals surface area contributed by atoms with Gasteiger partial charge in [-0.05, 0) is 43.7 Å². The van der Waals surface area contributed by atoms with E-state index in [9.17, 15) is 14.0 Å². The zero-order valence-electron chi connectivity index (χ0n) is 15.6. The average molecular weight is 381 g/mol. The maximum atomic E-state index is 13.6. The molecule has 4 N–H and O–H groups in total. The molecule has 8 heteroatoms. The number of aryl methyl sites for hydroxylation is 1. The summed E-state index contributed by atoms with van der Waals surface area (Å²) in [5.74, 6) is -0.982. The van der Waals surface area contributed by atoms with Crippen molar-refractivity contribution < 1.29 is 14.0 Å². The molecule has 1 aromatic carbocycles. The van der Waals surface area contributed by atoms with E-state index in [0.717, 1.165) is 0 Å². The number of fused-ring (bicyclic) bond motifs is 1. The molecule has 1 aliphatic heterocycles. The first kappa shape index (κ1) is 19.3. The average Bonchev–Trinajstić information content (AvgIpc) is 3.11. The van der Waals surface area contributed by atoms with Gasteiger partial charge in [0.25, 0.3) is 11.8 Å². The Labute approximate surface area is 161 Å². The van der Waals surface area contributed by atoms with E-state index in [-0.39, 0.29) is 18.4 Å². The lowest BCUT2D eigenvalue weighted by Gasteiger charge is -2.06. The van der Waals surface area contributed by atoms with Gasteiger partial charge >= 0.3 is 0 Å². The second kappa shape index (κ2) is 8.06. The first-order valence-electron chi connectivity index (χ1n) is 8.80. The fraction of sp³-hybridized carbons (Fsp3) is 0.250. The van der Waals surface area contributed by atoms with Crippen LogP contribution < -0.4 is 16.0 Å². The third-order valence-electron chi connectivity index (χ3n) is 4.55. The molecule has 2 amide bonds. The van der Waals surface area contributed by atoms with Gasteiger partial charge in [-0.1, -0.05) is 0 Å². The summed E-state index contributed by atoms with van der Waals surface area (Å²) in [5, 5.41) is 16.9. The van der Waals surface area contributed by atoms with Crippen LogP contribution in [-0.2, 0) is 4.79 Å². The summed E-state index contributed by atoms with van der Waals surface area (Å²) in [6.45, 7) is 4.66. The standard InChI is InChI=1S/C20H20FN5O2/c1-11-17(10-15-14-9-13(21)3-4-16(14)26-19(15)27)25-12(2)18(11)20(28)24-8-7-23-6-5-22/h3-4,9-10,23,25H,6-8H2,1-2H3,(H,24,28)(H,26,27)/b15-10-. The highest BCUT2D eigenvalue weighted by atomic mass is 19.1. The second-order valence-corrected chi connectivity index (χ2v) is 6.46. The Hall–Kier alpha value is -3.44. The van der Waals surface area contributed by atoms with Gasteiger partial charge in [0, 0.05) is 35.7 Å². The van der Waals surface area contributed by atoms with Crippen molar-refractivity contribution in [3.8, 4) is 6.07 Å². The van der Waals surface area contributed by atoms with E-state index in [4.69, 9.17) is 5.26 Å². The molecule has 0 radical (unpaired) electrons. The lowest BCUT2D eigenvalue weighted by Crippen LogP contribution is -2.32. The van der Waals surface area contributed by atoms with E-state index >= 15 is 0 Å². The van der Waals surface area contributed by atoms with Crippen molar-refractivity contribution in [3.05, 3.63) is 52.1 Å². The minimum absolute atomic E-state index is 0.222. The Morgan fingerprint density at radius 3 is 2.86 bits per heavy atom. The smallest absolute Gasteiger partial charge is 0.256 e. The molecule has 3 rings (SSSR count). The number of nitriles is 1. The topological polar surface area (TPSA) is 110 Å². The first-order chi connectivity index (χ1) is 13.4. The van der Waals surface area contributed by atoms with Crippen molar-refractivity contribution in [3.63, 3.8) is 0 Å². The van der Waals surface area contributed by atoms with Crippen LogP contribution in [-0.4, -0.2) is 36.4 Å². The van der Waals surface area contributed by atoms with Crippen LogP contribution in [0.25, 0.3) is 11.6 Å². The van der Waals surface area contributed by atoms with Crippen molar-refractivity contribution in [2.45, 2.75) is 13.8 Å².